The molecule has 0 spiro atoms. The van der Waals surface area contributed by atoms with E-state index in [1.54, 1.807) is 6.20 Å². The van der Waals surface area contributed by atoms with Crippen molar-refractivity contribution in [2.75, 3.05) is 0 Å². The van der Waals surface area contributed by atoms with Crippen molar-refractivity contribution in [3.8, 4) is 0 Å². The predicted molar refractivity (Wildman–Crippen MR) is 73.0 cm³/mol. The van der Waals surface area contributed by atoms with Crippen LogP contribution in [0, 0.1) is 5.92 Å². The lowest BCUT2D eigenvalue weighted by atomic mass is 9.89. The largest absolute Gasteiger partial charge is 0.409 e. The molecule has 0 aliphatic heterocycles. The molecule has 1 saturated carbocycles. The second-order valence-corrected chi connectivity index (χ2v) is 5.20. The average molecular weight is 263 g/mol. The van der Waals surface area contributed by atoms with Gasteiger partial charge in [0.1, 0.15) is 5.69 Å². The molecule has 0 saturated heterocycles. The van der Waals surface area contributed by atoms with Gasteiger partial charge in [-0.05, 0) is 24.8 Å². The van der Waals surface area contributed by atoms with E-state index in [1.165, 1.54) is 12.8 Å². The zero-order valence-electron chi connectivity index (χ0n) is 11.2. The molecule has 0 radical (unpaired) electrons. The number of hydrogen-bond acceptors (Lipinski definition) is 4. The molecule has 104 valence electrons. The maximum Gasteiger partial charge on any atom is 0.189 e. The average Bonchev–Trinajstić information content (AvgIpc) is 2.45. The Bertz CT molecular complexity index is 448. The number of oxime groups is 1. The summed E-state index contributed by atoms with van der Waals surface area (Å²) in [4.78, 5) is 4.13. The van der Waals surface area contributed by atoms with Crippen LogP contribution in [0.1, 0.15) is 43.9 Å². The molecule has 2 unspecified atom stereocenters. The van der Waals surface area contributed by atoms with Crippen LogP contribution in [0.2, 0.25) is 0 Å². The summed E-state index contributed by atoms with van der Waals surface area (Å²) in [6.45, 7) is 2.72. The number of hydrogen-bond donors (Lipinski definition) is 2. The number of rotatable bonds is 4. The summed E-state index contributed by atoms with van der Waals surface area (Å²) < 4.78 is 5.94. The lowest BCUT2D eigenvalue weighted by Crippen LogP contribution is -2.23. The lowest BCUT2D eigenvalue weighted by Gasteiger charge is -2.27. The Morgan fingerprint density at radius 1 is 1.58 bits per heavy atom. The Hall–Kier alpha value is -1.62. The van der Waals surface area contributed by atoms with Gasteiger partial charge in [-0.15, -0.1) is 0 Å². The smallest absolute Gasteiger partial charge is 0.189 e. The summed E-state index contributed by atoms with van der Waals surface area (Å²) in [5.74, 6) is 0.757. The minimum Gasteiger partial charge on any atom is -0.409 e. The number of pyridine rings is 1. The van der Waals surface area contributed by atoms with Crippen LogP contribution < -0.4 is 5.73 Å². The van der Waals surface area contributed by atoms with Crippen LogP contribution in [0.25, 0.3) is 0 Å². The first-order valence-electron chi connectivity index (χ1n) is 6.74. The topological polar surface area (TPSA) is 80.7 Å². The van der Waals surface area contributed by atoms with Crippen LogP contribution in [-0.4, -0.2) is 22.1 Å². The van der Waals surface area contributed by atoms with E-state index in [0.717, 1.165) is 24.3 Å². The minimum atomic E-state index is 0.0243. The van der Waals surface area contributed by atoms with Gasteiger partial charge in [0.15, 0.2) is 5.84 Å². The maximum absolute atomic E-state index is 8.75. The van der Waals surface area contributed by atoms with E-state index in [0.29, 0.717) is 18.4 Å². The molecule has 2 rings (SSSR count). The maximum atomic E-state index is 8.75. The third-order valence-corrected chi connectivity index (χ3v) is 3.60. The Balaban J connectivity index is 1.99. The summed E-state index contributed by atoms with van der Waals surface area (Å²) in [5.41, 5.74) is 6.96. The van der Waals surface area contributed by atoms with E-state index in [1.807, 2.05) is 12.1 Å². The van der Waals surface area contributed by atoms with E-state index < -0.39 is 0 Å². The van der Waals surface area contributed by atoms with Crippen molar-refractivity contribution in [1.29, 1.82) is 0 Å². The number of nitrogens with two attached hydrogens (primary N) is 1. The highest BCUT2D eigenvalue weighted by Gasteiger charge is 2.20. The van der Waals surface area contributed by atoms with Crippen LogP contribution in [-0.2, 0) is 11.3 Å². The molecule has 5 nitrogen and oxygen atoms in total. The van der Waals surface area contributed by atoms with Gasteiger partial charge in [0.2, 0.25) is 0 Å². The van der Waals surface area contributed by atoms with Crippen molar-refractivity contribution < 1.29 is 9.94 Å². The van der Waals surface area contributed by atoms with Crippen LogP contribution in [0.3, 0.4) is 0 Å². The molecule has 1 fully saturated rings. The van der Waals surface area contributed by atoms with Crippen molar-refractivity contribution in [1.82, 2.24) is 4.98 Å². The van der Waals surface area contributed by atoms with Crippen LogP contribution >= 0.6 is 0 Å². The zero-order valence-corrected chi connectivity index (χ0v) is 11.2. The molecule has 5 heteroatoms. The highest BCUT2D eigenvalue weighted by atomic mass is 16.5. The van der Waals surface area contributed by atoms with Crippen molar-refractivity contribution >= 4 is 5.84 Å². The molecule has 19 heavy (non-hydrogen) atoms. The highest BCUT2D eigenvalue weighted by Crippen LogP contribution is 2.26. The van der Waals surface area contributed by atoms with Gasteiger partial charge in [-0.2, -0.15) is 0 Å². The van der Waals surface area contributed by atoms with Gasteiger partial charge in [0, 0.05) is 11.8 Å². The fourth-order valence-electron chi connectivity index (χ4n) is 2.57. The van der Waals surface area contributed by atoms with Crippen LogP contribution in [0.15, 0.2) is 23.5 Å². The molecule has 2 atom stereocenters. The van der Waals surface area contributed by atoms with Gasteiger partial charge in [-0.25, -0.2) is 0 Å². The van der Waals surface area contributed by atoms with Gasteiger partial charge < -0.3 is 15.7 Å². The van der Waals surface area contributed by atoms with E-state index in [4.69, 9.17) is 15.7 Å². The molecular formula is C14H21N3O2. The minimum absolute atomic E-state index is 0.0243. The van der Waals surface area contributed by atoms with Crippen molar-refractivity contribution in [2.24, 2.45) is 16.8 Å². The number of ether oxygens (including phenoxy) is 1. The zero-order chi connectivity index (χ0) is 13.7. The number of amidine groups is 1. The van der Waals surface area contributed by atoms with E-state index in [2.05, 4.69) is 17.1 Å². The highest BCUT2D eigenvalue weighted by molar-refractivity contribution is 5.96. The second kappa shape index (κ2) is 6.52. The summed E-state index contributed by atoms with van der Waals surface area (Å²) in [6.07, 6.45) is 6.68. The quantitative estimate of drug-likeness (QED) is 0.378. The molecule has 1 aromatic heterocycles. The first kappa shape index (κ1) is 13.8. The van der Waals surface area contributed by atoms with Gasteiger partial charge in [0.05, 0.1) is 12.7 Å². The summed E-state index contributed by atoms with van der Waals surface area (Å²) >= 11 is 0. The SMILES string of the molecule is CC1CCCC(OCc2cccnc2C(N)=NO)C1. The van der Waals surface area contributed by atoms with Crippen molar-refractivity contribution in [3.05, 3.63) is 29.6 Å². The van der Waals surface area contributed by atoms with Crippen LogP contribution in [0.4, 0.5) is 0 Å². The Morgan fingerprint density at radius 2 is 2.42 bits per heavy atom. The van der Waals surface area contributed by atoms with E-state index in [9.17, 15) is 0 Å². The van der Waals surface area contributed by atoms with E-state index in [-0.39, 0.29) is 5.84 Å². The molecule has 3 N–H and O–H groups in total. The standard InChI is InChI=1S/C14H21N3O2/c1-10-4-2-6-12(8-10)19-9-11-5-3-7-16-13(11)14(15)17-18/h3,5,7,10,12,18H,2,4,6,8-9H2,1H3,(H2,15,17). The van der Waals surface area contributed by atoms with Gasteiger partial charge in [0.25, 0.3) is 0 Å². The first-order chi connectivity index (χ1) is 9.20. The fourth-order valence-corrected chi connectivity index (χ4v) is 2.57. The molecule has 0 bridgehead atoms. The summed E-state index contributed by atoms with van der Waals surface area (Å²) in [7, 11) is 0. The predicted octanol–water partition coefficient (Wildman–Crippen LogP) is 2.27. The first-order valence-corrected chi connectivity index (χ1v) is 6.74. The third-order valence-electron chi connectivity index (χ3n) is 3.60. The van der Waals surface area contributed by atoms with Gasteiger partial charge in [-0.3, -0.25) is 4.98 Å². The molecule has 1 heterocycles. The van der Waals surface area contributed by atoms with Crippen LogP contribution in [0.5, 0.6) is 0 Å². The van der Waals surface area contributed by atoms with Crippen molar-refractivity contribution in [3.63, 3.8) is 0 Å². The van der Waals surface area contributed by atoms with Gasteiger partial charge >= 0.3 is 0 Å². The third kappa shape index (κ3) is 3.67. The summed E-state index contributed by atoms with van der Waals surface area (Å²) in [5, 5.41) is 11.7. The summed E-state index contributed by atoms with van der Waals surface area (Å²) in [6, 6.07) is 3.73. The lowest BCUT2D eigenvalue weighted by molar-refractivity contribution is 0.00449. The molecule has 1 aromatic rings. The molecular weight excluding hydrogens is 242 g/mol. The molecule has 1 aliphatic rings. The Morgan fingerprint density at radius 3 is 3.16 bits per heavy atom. The normalized spacial score (nSPS) is 24.4. The van der Waals surface area contributed by atoms with E-state index >= 15 is 0 Å². The van der Waals surface area contributed by atoms with Crippen molar-refractivity contribution in [2.45, 2.75) is 45.3 Å². The monoisotopic (exact) mass is 263 g/mol. The second-order valence-electron chi connectivity index (χ2n) is 5.20. The molecule has 0 aromatic carbocycles. The Labute approximate surface area is 113 Å². The Kier molecular flexibility index (Phi) is 4.74. The number of aromatic nitrogens is 1. The van der Waals surface area contributed by atoms with Gasteiger partial charge in [-0.1, -0.05) is 31.0 Å². The molecule has 1 aliphatic carbocycles. The molecule has 0 amide bonds. The number of nitrogens with zero attached hydrogens (tertiary/aromatic N) is 2. The fraction of sp³-hybridized carbons (Fsp3) is 0.571.